The lowest BCUT2D eigenvalue weighted by Crippen LogP contribution is -2.12. The van der Waals surface area contributed by atoms with Crippen LogP contribution in [0.15, 0.2) is 12.1 Å². The summed E-state index contributed by atoms with van der Waals surface area (Å²) in [5.41, 5.74) is 0.973. The van der Waals surface area contributed by atoms with Gasteiger partial charge in [-0.2, -0.15) is 0 Å². The predicted molar refractivity (Wildman–Crippen MR) is 61.5 cm³/mol. The Morgan fingerprint density at radius 3 is 2.25 bits per heavy atom. The minimum Gasteiger partial charge on any atom is -0.207 e. The van der Waals surface area contributed by atoms with Crippen molar-refractivity contribution in [2.45, 2.75) is 45.4 Å². The van der Waals surface area contributed by atoms with Crippen LogP contribution in [0.1, 0.15) is 49.7 Å². The Bertz CT molecular complexity index is 377. The minimum atomic E-state index is -0.282. The predicted octanol–water partition coefficient (Wildman–Crippen LogP) is 4.57. The smallest absolute Gasteiger partial charge is 0.127 e. The van der Waals surface area contributed by atoms with E-state index in [1.54, 1.807) is 6.92 Å². The fourth-order valence-electron chi connectivity index (χ4n) is 2.55. The topological polar surface area (TPSA) is 0 Å². The molecule has 0 amide bonds. The lowest BCUT2D eigenvalue weighted by molar-refractivity contribution is 0.341. The second kappa shape index (κ2) is 4.52. The lowest BCUT2D eigenvalue weighted by Gasteiger charge is -2.26. The molecule has 0 aromatic heterocycles. The van der Waals surface area contributed by atoms with Crippen molar-refractivity contribution in [3.8, 4) is 0 Å². The largest absolute Gasteiger partial charge is 0.207 e. The van der Waals surface area contributed by atoms with Gasteiger partial charge in [0.2, 0.25) is 0 Å². The second-order valence-corrected chi connectivity index (χ2v) is 5.08. The van der Waals surface area contributed by atoms with Crippen LogP contribution in [0.2, 0.25) is 0 Å². The molecule has 1 aromatic carbocycles. The van der Waals surface area contributed by atoms with Crippen LogP contribution in [0.5, 0.6) is 0 Å². The molecule has 16 heavy (non-hydrogen) atoms. The summed E-state index contributed by atoms with van der Waals surface area (Å²) in [6.07, 6.45) is 4.22. The summed E-state index contributed by atoms with van der Waals surface area (Å²) in [7, 11) is 0. The Morgan fingerprint density at radius 1 is 1.00 bits per heavy atom. The van der Waals surface area contributed by atoms with Crippen LogP contribution in [-0.2, 0) is 0 Å². The van der Waals surface area contributed by atoms with Crippen molar-refractivity contribution in [1.82, 2.24) is 0 Å². The molecule has 0 atom stereocenters. The number of rotatable bonds is 1. The first kappa shape index (κ1) is 11.6. The van der Waals surface area contributed by atoms with Crippen molar-refractivity contribution in [2.24, 2.45) is 5.92 Å². The van der Waals surface area contributed by atoms with Gasteiger partial charge in [-0.25, -0.2) is 8.78 Å². The molecule has 1 saturated carbocycles. The van der Waals surface area contributed by atoms with Crippen LogP contribution in [0.3, 0.4) is 0 Å². The summed E-state index contributed by atoms with van der Waals surface area (Å²) in [6, 6.07) is 2.72. The molecule has 1 aliphatic rings. The average Bonchev–Trinajstić information content (AvgIpc) is 2.25. The quantitative estimate of drug-likeness (QED) is 0.655. The monoisotopic (exact) mass is 224 g/mol. The Labute approximate surface area is 95.7 Å². The molecule has 88 valence electrons. The van der Waals surface area contributed by atoms with Gasteiger partial charge >= 0.3 is 0 Å². The highest BCUT2D eigenvalue weighted by Gasteiger charge is 2.23. The van der Waals surface area contributed by atoms with Crippen molar-refractivity contribution in [3.05, 3.63) is 34.9 Å². The van der Waals surface area contributed by atoms with E-state index in [2.05, 4.69) is 6.92 Å². The average molecular weight is 224 g/mol. The molecule has 1 aliphatic carbocycles. The molecule has 2 heteroatoms. The molecular formula is C14H18F2. The number of aryl methyl sites for hydroxylation is 1. The van der Waals surface area contributed by atoms with Crippen LogP contribution in [0, 0.1) is 24.5 Å². The number of hydrogen-bond donors (Lipinski definition) is 0. The summed E-state index contributed by atoms with van der Waals surface area (Å²) in [5, 5.41) is 0. The van der Waals surface area contributed by atoms with Gasteiger partial charge in [0.1, 0.15) is 11.6 Å². The van der Waals surface area contributed by atoms with Gasteiger partial charge in [0.25, 0.3) is 0 Å². The molecule has 0 radical (unpaired) electrons. The minimum absolute atomic E-state index is 0.214. The third-order valence-electron chi connectivity index (χ3n) is 3.73. The van der Waals surface area contributed by atoms with Crippen molar-refractivity contribution < 1.29 is 8.78 Å². The van der Waals surface area contributed by atoms with Gasteiger partial charge in [-0.3, -0.25) is 0 Å². The Balaban J connectivity index is 2.23. The van der Waals surface area contributed by atoms with Gasteiger partial charge < -0.3 is 0 Å². The Morgan fingerprint density at radius 2 is 1.62 bits per heavy atom. The van der Waals surface area contributed by atoms with E-state index in [0.29, 0.717) is 11.1 Å². The van der Waals surface area contributed by atoms with Crippen LogP contribution >= 0.6 is 0 Å². The van der Waals surface area contributed by atoms with Gasteiger partial charge in [-0.1, -0.05) is 19.8 Å². The zero-order chi connectivity index (χ0) is 11.7. The molecule has 0 spiro atoms. The molecule has 0 heterocycles. The number of hydrogen-bond acceptors (Lipinski definition) is 0. The molecule has 1 fully saturated rings. The van der Waals surface area contributed by atoms with Crippen molar-refractivity contribution in [2.75, 3.05) is 0 Å². The van der Waals surface area contributed by atoms with E-state index in [-0.39, 0.29) is 17.6 Å². The van der Waals surface area contributed by atoms with Crippen LogP contribution in [0.25, 0.3) is 0 Å². The molecule has 0 nitrogen and oxygen atoms in total. The Kier molecular flexibility index (Phi) is 3.27. The third kappa shape index (κ3) is 2.26. The van der Waals surface area contributed by atoms with Gasteiger partial charge in [-0.05, 0) is 54.9 Å². The highest BCUT2D eigenvalue weighted by Crippen LogP contribution is 2.37. The highest BCUT2D eigenvalue weighted by molar-refractivity contribution is 5.28. The van der Waals surface area contributed by atoms with Crippen LogP contribution < -0.4 is 0 Å². The highest BCUT2D eigenvalue weighted by atomic mass is 19.1. The number of halogens is 2. The van der Waals surface area contributed by atoms with E-state index < -0.39 is 0 Å². The molecular weight excluding hydrogens is 206 g/mol. The van der Waals surface area contributed by atoms with Crippen molar-refractivity contribution in [1.29, 1.82) is 0 Å². The van der Waals surface area contributed by atoms with E-state index in [1.165, 1.54) is 12.1 Å². The van der Waals surface area contributed by atoms with Gasteiger partial charge in [0.15, 0.2) is 0 Å². The first-order valence-corrected chi connectivity index (χ1v) is 6.03. The summed E-state index contributed by atoms with van der Waals surface area (Å²) in [6.45, 7) is 3.83. The summed E-state index contributed by atoms with van der Waals surface area (Å²) in [4.78, 5) is 0. The molecule has 1 aromatic rings. The maximum atomic E-state index is 13.7. The lowest BCUT2D eigenvalue weighted by atomic mass is 9.79. The fourth-order valence-corrected chi connectivity index (χ4v) is 2.55. The number of benzene rings is 1. The van der Waals surface area contributed by atoms with E-state index >= 15 is 0 Å². The molecule has 0 unspecified atom stereocenters. The van der Waals surface area contributed by atoms with E-state index in [0.717, 1.165) is 31.6 Å². The zero-order valence-electron chi connectivity index (χ0n) is 9.89. The SMILES string of the molecule is Cc1cc(F)c(C2CCC(C)CC2)cc1F. The maximum Gasteiger partial charge on any atom is 0.127 e. The van der Waals surface area contributed by atoms with Gasteiger partial charge in [0, 0.05) is 0 Å². The standard InChI is InChI=1S/C14H18F2/c1-9-3-5-11(6-4-9)12-8-13(15)10(2)7-14(12)16/h7-9,11H,3-6H2,1-2H3. The molecule has 2 rings (SSSR count). The van der Waals surface area contributed by atoms with Crippen LogP contribution in [0.4, 0.5) is 8.78 Å². The van der Waals surface area contributed by atoms with E-state index in [4.69, 9.17) is 0 Å². The molecule has 0 N–H and O–H groups in total. The summed E-state index contributed by atoms with van der Waals surface area (Å²) < 4.78 is 27.2. The second-order valence-electron chi connectivity index (χ2n) is 5.08. The molecule has 0 aliphatic heterocycles. The molecule has 0 saturated heterocycles. The van der Waals surface area contributed by atoms with Gasteiger partial charge in [-0.15, -0.1) is 0 Å². The van der Waals surface area contributed by atoms with E-state index in [1.807, 2.05) is 0 Å². The van der Waals surface area contributed by atoms with E-state index in [9.17, 15) is 8.78 Å². The Hall–Kier alpha value is -0.920. The third-order valence-corrected chi connectivity index (χ3v) is 3.73. The summed E-state index contributed by atoms with van der Waals surface area (Å²) in [5.74, 6) is 0.425. The van der Waals surface area contributed by atoms with Gasteiger partial charge in [0.05, 0.1) is 0 Å². The van der Waals surface area contributed by atoms with Crippen molar-refractivity contribution in [3.63, 3.8) is 0 Å². The molecule has 0 bridgehead atoms. The first-order chi connectivity index (χ1) is 7.58. The van der Waals surface area contributed by atoms with Crippen molar-refractivity contribution >= 4 is 0 Å². The summed E-state index contributed by atoms with van der Waals surface area (Å²) >= 11 is 0. The maximum absolute atomic E-state index is 13.7. The first-order valence-electron chi connectivity index (χ1n) is 6.03. The zero-order valence-corrected chi connectivity index (χ0v) is 9.89. The fraction of sp³-hybridized carbons (Fsp3) is 0.571. The normalized spacial score (nSPS) is 25.8. The van der Waals surface area contributed by atoms with Crippen LogP contribution in [-0.4, -0.2) is 0 Å².